The normalized spacial score (nSPS) is 49.6. The van der Waals surface area contributed by atoms with E-state index in [0.717, 1.165) is 45.3 Å². The molecule has 5 aliphatic heterocycles. The minimum Gasteiger partial charge on any atom is -0.392 e. The van der Waals surface area contributed by atoms with Crippen LogP contribution in [0.3, 0.4) is 0 Å². The molecule has 5 heterocycles. The first kappa shape index (κ1) is 18.7. The zero-order chi connectivity index (χ0) is 18.4. The number of hydrogen-bond acceptors (Lipinski definition) is 7. The van der Waals surface area contributed by atoms with Gasteiger partial charge in [-0.05, 0) is 44.6 Å². The Morgan fingerprint density at radius 3 is 2.85 bits per heavy atom. The number of alkyl halides is 1. The van der Waals surface area contributed by atoms with Crippen LogP contribution in [-0.2, 0) is 0 Å². The van der Waals surface area contributed by atoms with Crippen LogP contribution in [0.25, 0.3) is 0 Å². The molecule has 5 N–H and O–H groups in total. The van der Waals surface area contributed by atoms with Crippen LogP contribution in [-0.4, -0.2) is 90.5 Å². The zero-order valence-corrected chi connectivity index (χ0v) is 16.1. The lowest BCUT2D eigenvalue weighted by Gasteiger charge is -2.47. The number of aliphatic hydroxyl groups excluding tert-OH is 1. The number of hydrazine groups is 1. The lowest BCUT2D eigenvalue weighted by atomic mass is 9.80. The zero-order valence-electron chi connectivity index (χ0n) is 16.1. The maximum absolute atomic E-state index is 14.3. The van der Waals surface area contributed by atoms with Gasteiger partial charge in [-0.25, -0.2) is 9.40 Å². The molecule has 0 saturated carbocycles. The Hall–Kier alpha value is -0.350. The Morgan fingerprint density at radius 2 is 1.93 bits per heavy atom. The van der Waals surface area contributed by atoms with E-state index < -0.39 is 6.17 Å². The Bertz CT molecular complexity index is 526. The smallest absolute Gasteiger partial charge is 0.113 e. The van der Waals surface area contributed by atoms with Crippen molar-refractivity contribution in [2.75, 3.05) is 32.7 Å². The Labute approximate surface area is 161 Å². The van der Waals surface area contributed by atoms with Crippen LogP contribution in [0.5, 0.6) is 0 Å². The predicted molar refractivity (Wildman–Crippen MR) is 102 cm³/mol. The molecule has 5 fully saturated rings. The van der Waals surface area contributed by atoms with Gasteiger partial charge in [-0.2, -0.15) is 0 Å². The number of hydrogen-bond donors (Lipinski definition) is 5. The van der Waals surface area contributed by atoms with Gasteiger partial charge in [0.25, 0.3) is 0 Å². The fourth-order valence-electron chi connectivity index (χ4n) is 6.19. The Kier molecular flexibility index (Phi) is 5.40. The van der Waals surface area contributed by atoms with Gasteiger partial charge in [-0.15, -0.1) is 0 Å². The van der Waals surface area contributed by atoms with Gasteiger partial charge < -0.3 is 15.7 Å². The highest BCUT2D eigenvalue weighted by molar-refractivity contribution is 5.02. The van der Waals surface area contributed by atoms with Gasteiger partial charge in [-0.1, -0.05) is 6.42 Å². The van der Waals surface area contributed by atoms with E-state index in [9.17, 15) is 9.50 Å². The van der Waals surface area contributed by atoms with E-state index in [4.69, 9.17) is 0 Å². The van der Waals surface area contributed by atoms with Crippen molar-refractivity contribution in [1.82, 2.24) is 31.3 Å². The number of nitrogens with one attached hydrogen (secondary N) is 4. The maximum Gasteiger partial charge on any atom is 0.113 e. The first-order valence-corrected chi connectivity index (χ1v) is 11.0. The SMILES string of the molecule is O[C@@H]1C[C@@H]2C3CC(F)CNC3CCCCNC3CNN4CCC(NC34)N2C1. The van der Waals surface area contributed by atoms with E-state index in [1.54, 1.807) is 0 Å². The van der Waals surface area contributed by atoms with Crippen LogP contribution in [0.2, 0.25) is 0 Å². The summed E-state index contributed by atoms with van der Waals surface area (Å²) < 4.78 is 14.3. The number of piperidine rings is 1. The standard InChI is InChI=1S/C19H35FN6O/c20-12-7-14-15(22-9-12)3-1-2-5-21-16-10-23-26-6-4-18(24-19(16)26)25-11-13(27)8-17(14)25/h12-19,21-24,27H,1-11H2/t12?,13-,14?,15?,16?,17-,18?,19?/m1/s1. The lowest BCUT2D eigenvalue weighted by Crippen LogP contribution is -2.66. The number of nitrogens with zero attached hydrogens (tertiary/aromatic N) is 2. The molecule has 5 aliphatic rings. The summed E-state index contributed by atoms with van der Waals surface area (Å²) in [5.74, 6) is 0.289. The van der Waals surface area contributed by atoms with Gasteiger partial charge in [0.2, 0.25) is 0 Å². The Balaban J connectivity index is 1.41. The predicted octanol–water partition coefficient (Wildman–Crippen LogP) is -0.654. The highest BCUT2D eigenvalue weighted by Crippen LogP contribution is 2.36. The maximum atomic E-state index is 14.3. The van der Waals surface area contributed by atoms with Crippen molar-refractivity contribution in [3.05, 3.63) is 0 Å². The summed E-state index contributed by atoms with van der Waals surface area (Å²) in [6.07, 6.45) is 5.38. The van der Waals surface area contributed by atoms with E-state index in [-0.39, 0.29) is 30.4 Å². The monoisotopic (exact) mass is 382 g/mol. The molecule has 2 bridgehead atoms. The molecule has 0 aliphatic carbocycles. The van der Waals surface area contributed by atoms with Gasteiger partial charge in [-0.3, -0.25) is 15.6 Å². The molecule has 6 unspecified atom stereocenters. The van der Waals surface area contributed by atoms with Crippen molar-refractivity contribution in [3.63, 3.8) is 0 Å². The molecule has 5 rings (SSSR count). The van der Waals surface area contributed by atoms with Crippen LogP contribution in [0.15, 0.2) is 0 Å². The summed E-state index contributed by atoms with van der Waals surface area (Å²) in [7, 11) is 0. The molecule has 0 spiro atoms. The summed E-state index contributed by atoms with van der Waals surface area (Å²) in [5, 5.41) is 23.9. The molecule has 0 amide bonds. The Morgan fingerprint density at radius 1 is 1.00 bits per heavy atom. The molecule has 8 atom stereocenters. The number of aliphatic hydroxyl groups is 1. The molecular weight excluding hydrogens is 347 g/mol. The molecule has 27 heavy (non-hydrogen) atoms. The summed E-state index contributed by atoms with van der Waals surface area (Å²) >= 11 is 0. The number of halogens is 1. The minimum absolute atomic E-state index is 0.263. The molecule has 8 heteroatoms. The van der Waals surface area contributed by atoms with Crippen molar-refractivity contribution in [1.29, 1.82) is 0 Å². The van der Waals surface area contributed by atoms with Gasteiger partial charge >= 0.3 is 0 Å². The molecule has 7 nitrogen and oxygen atoms in total. The highest BCUT2D eigenvalue weighted by Gasteiger charge is 2.47. The molecule has 0 aromatic carbocycles. The highest BCUT2D eigenvalue weighted by atomic mass is 19.1. The van der Waals surface area contributed by atoms with Crippen LogP contribution in [0.4, 0.5) is 4.39 Å². The number of fused-ring (bicyclic) bond motifs is 5. The summed E-state index contributed by atoms with van der Waals surface area (Å²) in [5.41, 5.74) is 3.53. The van der Waals surface area contributed by atoms with Crippen molar-refractivity contribution < 1.29 is 9.50 Å². The largest absolute Gasteiger partial charge is 0.392 e. The average Bonchev–Trinajstić information content (AvgIpc) is 3.25. The second-order valence-electron chi connectivity index (χ2n) is 9.19. The molecule has 154 valence electrons. The molecular formula is C19H35FN6O. The molecule has 0 aromatic rings. The average molecular weight is 383 g/mol. The molecule has 0 aromatic heterocycles. The van der Waals surface area contributed by atoms with Crippen LogP contribution in [0.1, 0.15) is 38.5 Å². The molecule has 5 saturated heterocycles. The van der Waals surface area contributed by atoms with E-state index in [0.29, 0.717) is 31.6 Å². The fourth-order valence-corrected chi connectivity index (χ4v) is 6.19. The van der Waals surface area contributed by atoms with Crippen LogP contribution < -0.4 is 21.4 Å². The fraction of sp³-hybridized carbons (Fsp3) is 1.00. The van der Waals surface area contributed by atoms with Crippen molar-refractivity contribution in [2.24, 2.45) is 5.92 Å². The second-order valence-corrected chi connectivity index (χ2v) is 9.19. The van der Waals surface area contributed by atoms with Crippen LogP contribution in [0, 0.1) is 5.92 Å². The van der Waals surface area contributed by atoms with E-state index >= 15 is 0 Å². The minimum atomic E-state index is -0.763. The van der Waals surface area contributed by atoms with E-state index in [1.165, 1.54) is 6.42 Å². The lowest BCUT2D eigenvalue weighted by molar-refractivity contribution is -0.00325. The van der Waals surface area contributed by atoms with Crippen molar-refractivity contribution >= 4 is 0 Å². The van der Waals surface area contributed by atoms with E-state index in [2.05, 4.69) is 31.3 Å². The van der Waals surface area contributed by atoms with Crippen molar-refractivity contribution in [2.45, 2.75) is 81.3 Å². The third-order valence-corrected chi connectivity index (χ3v) is 7.49. The van der Waals surface area contributed by atoms with E-state index in [1.807, 2.05) is 0 Å². The summed E-state index contributed by atoms with van der Waals surface area (Å²) in [6.45, 7) is 4.21. The van der Waals surface area contributed by atoms with Gasteiger partial charge in [0, 0.05) is 38.3 Å². The quantitative estimate of drug-likeness (QED) is 0.381. The molecule has 0 radical (unpaired) electrons. The van der Waals surface area contributed by atoms with Crippen molar-refractivity contribution in [3.8, 4) is 0 Å². The number of rotatable bonds is 0. The first-order chi connectivity index (χ1) is 13.2. The third kappa shape index (κ3) is 3.66. The van der Waals surface area contributed by atoms with Gasteiger partial charge in [0.05, 0.1) is 24.5 Å². The topological polar surface area (TPSA) is 74.8 Å². The second kappa shape index (κ2) is 7.82. The van der Waals surface area contributed by atoms with Gasteiger partial charge in [0.1, 0.15) is 6.17 Å². The van der Waals surface area contributed by atoms with Gasteiger partial charge in [0.15, 0.2) is 0 Å². The third-order valence-electron chi connectivity index (χ3n) is 7.49. The summed E-state index contributed by atoms with van der Waals surface area (Å²) in [6, 6.07) is 1.05. The first-order valence-electron chi connectivity index (χ1n) is 11.0. The van der Waals surface area contributed by atoms with Crippen LogP contribution >= 0.6 is 0 Å². The summed E-state index contributed by atoms with van der Waals surface area (Å²) in [4.78, 5) is 2.48.